The van der Waals surface area contributed by atoms with Crippen molar-refractivity contribution in [3.8, 4) is 5.75 Å². The van der Waals surface area contributed by atoms with Gasteiger partial charge in [-0.3, -0.25) is 10.0 Å². The highest BCUT2D eigenvalue weighted by atomic mass is 16.5. The fourth-order valence-corrected chi connectivity index (χ4v) is 2.74. The molecule has 28 heavy (non-hydrogen) atoms. The Morgan fingerprint density at radius 1 is 1.18 bits per heavy atom. The first-order chi connectivity index (χ1) is 13.5. The summed E-state index contributed by atoms with van der Waals surface area (Å²) in [6, 6.07) is 14.9. The van der Waals surface area contributed by atoms with Crippen LogP contribution in [0.4, 0.5) is 0 Å². The van der Waals surface area contributed by atoms with Crippen molar-refractivity contribution in [3.05, 3.63) is 65.4 Å². The van der Waals surface area contributed by atoms with Gasteiger partial charge in [-0.1, -0.05) is 24.3 Å². The number of methoxy groups -OCH3 is 1. The lowest BCUT2D eigenvalue weighted by molar-refractivity contribution is 0.0989. The number of hydrogen-bond acceptors (Lipinski definition) is 5. The second kappa shape index (κ2) is 8.36. The number of aromatic nitrogens is 1. The number of benzene rings is 2. The molecule has 0 fully saturated rings. The molecule has 0 saturated carbocycles. The van der Waals surface area contributed by atoms with Crippen molar-refractivity contribution >= 4 is 28.4 Å². The number of aromatic amines is 1. The van der Waals surface area contributed by atoms with E-state index < -0.39 is 0 Å². The smallest absolute Gasteiger partial charge is 0.237 e. The molecule has 1 aromatic heterocycles. The summed E-state index contributed by atoms with van der Waals surface area (Å²) in [5.74, 6) is 0.552. The first-order valence-electron chi connectivity index (χ1n) is 8.57. The van der Waals surface area contributed by atoms with E-state index in [4.69, 9.17) is 15.7 Å². The fraction of sp³-hybridized carbons (Fsp3) is 0.150. The molecule has 144 valence electrons. The van der Waals surface area contributed by atoms with E-state index in [2.05, 4.69) is 15.2 Å². The Bertz CT molecular complexity index is 1050. The number of fused-ring (bicyclic) bond motifs is 1. The van der Waals surface area contributed by atoms with E-state index in [1.54, 1.807) is 19.5 Å². The Labute approximate surface area is 161 Å². The van der Waals surface area contributed by atoms with Crippen LogP contribution in [-0.4, -0.2) is 34.8 Å². The van der Waals surface area contributed by atoms with Gasteiger partial charge in [-0.25, -0.2) is 5.48 Å². The second-order valence-electron chi connectivity index (χ2n) is 6.22. The molecule has 0 bridgehead atoms. The van der Waals surface area contributed by atoms with Crippen LogP contribution in [-0.2, 0) is 6.42 Å². The lowest BCUT2D eigenvalue weighted by atomic mass is 10.0. The van der Waals surface area contributed by atoms with E-state index in [0.29, 0.717) is 11.4 Å². The fourth-order valence-electron chi connectivity index (χ4n) is 2.74. The first kappa shape index (κ1) is 19.1. The largest absolute Gasteiger partial charge is 0.497 e. The topological polar surface area (TPSA) is 125 Å². The Kier molecular flexibility index (Phi) is 5.71. The minimum atomic E-state index is -0.197. The number of H-pyrrole nitrogens is 1. The number of nitrogens with zero attached hydrogens (tertiary/aromatic N) is 2. The molecule has 3 aromatic rings. The summed E-state index contributed by atoms with van der Waals surface area (Å²) >= 11 is 0. The molecule has 0 radical (unpaired) electrons. The van der Waals surface area contributed by atoms with Gasteiger partial charge in [-0.05, 0) is 42.3 Å². The molecule has 0 saturated heterocycles. The van der Waals surface area contributed by atoms with Gasteiger partial charge < -0.3 is 15.5 Å². The number of hydroxylamine groups is 1. The number of ether oxygens (including phenoxy) is 1. The summed E-state index contributed by atoms with van der Waals surface area (Å²) in [4.78, 5) is 15.8. The number of nitrogens with two attached hydrogens (primary N) is 1. The molecule has 3 rings (SSSR count). The quantitative estimate of drug-likeness (QED) is 0.227. The highest BCUT2D eigenvalue weighted by Crippen LogP contribution is 2.22. The Balaban J connectivity index is 1.72. The zero-order valence-electron chi connectivity index (χ0n) is 15.6. The van der Waals surface area contributed by atoms with Crippen LogP contribution in [0.3, 0.4) is 0 Å². The monoisotopic (exact) mass is 379 g/mol. The number of ketones is 1. The summed E-state index contributed by atoms with van der Waals surface area (Å²) in [6.07, 6.45) is 0.278. The standard InChI is InChI=1S/C20H21N5O3/c1-12(23-24-20(21)25-27)14-5-3-13(4-6-14)9-19(26)18-11-15-10-16(28-2)7-8-17(15)22-18/h3-8,10-11,22,27H,9H2,1-2H3,(H3,21,24,25)/b23-12+. The van der Waals surface area contributed by atoms with Crippen LogP contribution in [0.25, 0.3) is 10.9 Å². The molecule has 0 aliphatic heterocycles. The molecule has 0 aliphatic rings. The zero-order chi connectivity index (χ0) is 20.1. The SMILES string of the molecule is COc1ccc2[nH]c(C(=O)Cc3ccc(/C(C)=N/N=C(N)NO)cc3)cc2c1. The van der Waals surface area contributed by atoms with Crippen LogP contribution in [0.15, 0.2) is 58.7 Å². The van der Waals surface area contributed by atoms with E-state index in [1.165, 1.54) is 0 Å². The van der Waals surface area contributed by atoms with Gasteiger partial charge in [0, 0.05) is 17.3 Å². The predicted molar refractivity (Wildman–Crippen MR) is 108 cm³/mol. The van der Waals surface area contributed by atoms with Crippen LogP contribution in [0.1, 0.15) is 28.5 Å². The Hall–Kier alpha value is -3.65. The number of guanidine groups is 1. The number of Topliss-reactive ketones (excluding diaryl/α,β-unsaturated/α-hetero) is 1. The molecule has 0 spiro atoms. The van der Waals surface area contributed by atoms with Crippen LogP contribution >= 0.6 is 0 Å². The van der Waals surface area contributed by atoms with E-state index >= 15 is 0 Å². The first-order valence-corrected chi connectivity index (χ1v) is 8.57. The summed E-state index contributed by atoms with van der Waals surface area (Å²) in [5, 5.41) is 17.1. The summed E-state index contributed by atoms with van der Waals surface area (Å²) in [7, 11) is 1.61. The van der Waals surface area contributed by atoms with Crippen molar-refractivity contribution in [2.45, 2.75) is 13.3 Å². The summed E-state index contributed by atoms with van der Waals surface area (Å²) in [6.45, 7) is 1.77. The normalized spacial score (nSPS) is 12.2. The van der Waals surface area contributed by atoms with Crippen LogP contribution in [0.2, 0.25) is 0 Å². The maximum absolute atomic E-state index is 12.6. The second-order valence-corrected chi connectivity index (χ2v) is 6.22. The molecule has 0 atom stereocenters. The van der Waals surface area contributed by atoms with Crippen molar-refractivity contribution in [1.29, 1.82) is 0 Å². The van der Waals surface area contributed by atoms with Crippen molar-refractivity contribution < 1.29 is 14.7 Å². The summed E-state index contributed by atoms with van der Waals surface area (Å²) < 4.78 is 5.22. The molecular weight excluding hydrogens is 358 g/mol. The maximum Gasteiger partial charge on any atom is 0.237 e. The molecular formula is C20H21N5O3. The average Bonchev–Trinajstić information content (AvgIpc) is 3.15. The number of rotatable bonds is 6. The molecule has 0 amide bonds. The van der Waals surface area contributed by atoms with E-state index in [9.17, 15) is 4.79 Å². The molecule has 0 aliphatic carbocycles. The number of hydrogen-bond donors (Lipinski definition) is 4. The molecule has 2 aromatic carbocycles. The van der Waals surface area contributed by atoms with E-state index in [-0.39, 0.29) is 18.2 Å². The van der Waals surface area contributed by atoms with Crippen molar-refractivity contribution in [1.82, 2.24) is 10.5 Å². The van der Waals surface area contributed by atoms with Crippen LogP contribution < -0.4 is 16.0 Å². The number of carbonyl (C=O) groups excluding carboxylic acids is 1. The molecule has 8 nitrogen and oxygen atoms in total. The zero-order valence-corrected chi connectivity index (χ0v) is 15.6. The van der Waals surface area contributed by atoms with Crippen LogP contribution in [0, 0.1) is 0 Å². The van der Waals surface area contributed by atoms with Gasteiger partial charge in [-0.15, -0.1) is 5.10 Å². The van der Waals surface area contributed by atoms with Gasteiger partial charge in [0.2, 0.25) is 5.96 Å². The van der Waals surface area contributed by atoms with Crippen molar-refractivity contribution in [2.75, 3.05) is 7.11 Å². The third-order valence-electron chi connectivity index (χ3n) is 4.29. The molecule has 5 N–H and O–H groups in total. The number of carbonyl (C=O) groups is 1. The highest BCUT2D eigenvalue weighted by molar-refractivity contribution is 6.01. The average molecular weight is 379 g/mol. The predicted octanol–water partition coefficient (Wildman–Crippen LogP) is 2.62. The van der Waals surface area contributed by atoms with E-state index in [1.807, 2.05) is 48.5 Å². The summed E-state index contributed by atoms with van der Waals surface area (Å²) in [5.41, 5.74) is 10.8. The molecule has 0 unspecified atom stereocenters. The van der Waals surface area contributed by atoms with Gasteiger partial charge >= 0.3 is 0 Å². The number of nitrogens with one attached hydrogen (secondary N) is 2. The lowest BCUT2D eigenvalue weighted by Crippen LogP contribution is -2.27. The van der Waals surface area contributed by atoms with Gasteiger partial charge in [0.05, 0.1) is 18.5 Å². The van der Waals surface area contributed by atoms with Crippen molar-refractivity contribution in [3.63, 3.8) is 0 Å². The Morgan fingerprint density at radius 2 is 1.93 bits per heavy atom. The minimum absolute atomic E-state index is 0.000278. The molecule has 1 heterocycles. The van der Waals surface area contributed by atoms with E-state index in [0.717, 1.165) is 27.8 Å². The van der Waals surface area contributed by atoms with Crippen LogP contribution in [0.5, 0.6) is 5.75 Å². The van der Waals surface area contributed by atoms with Gasteiger partial charge in [0.25, 0.3) is 0 Å². The maximum atomic E-state index is 12.6. The van der Waals surface area contributed by atoms with Gasteiger partial charge in [-0.2, -0.15) is 5.10 Å². The van der Waals surface area contributed by atoms with Gasteiger partial charge in [0.15, 0.2) is 5.78 Å². The minimum Gasteiger partial charge on any atom is -0.497 e. The Morgan fingerprint density at radius 3 is 2.61 bits per heavy atom. The highest BCUT2D eigenvalue weighted by Gasteiger charge is 2.11. The third-order valence-corrected chi connectivity index (χ3v) is 4.29. The lowest BCUT2D eigenvalue weighted by Gasteiger charge is -2.03. The van der Waals surface area contributed by atoms with Gasteiger partial charge in [0.1, 0.15) is 5.75 Å². The third kappa shape index (κ3) is 4.36. The molecule has 8 heteroatoms. The van der Waals surface area contributed by atoms with Crippen molar-refractivity contribution in [2.24, 2.45) is 15.9 Å².